The summed E-state index contributed by atoms with van der Waals surface area (Å²) in [4.78, 5) is 24.8. The van der Waals surface area contributed by atoms with E-state index in [0.29, 0.717) is 42.3 Å². The first-order valence-corrected chi connectivity index (χ1v) is 12.3. The van der Waals surface area contributed by atoms with E-state index in [2.05, 4.69) is 12.8 Å². The zero-order valence-electron chi connectivity index (χ0n) is 19.3. The third kappa shape index (κ3) is 3.36. The van der Waals surface area contributed by atoms with Gasteiger partial charge in [-0.1, -0.05) is 18.4 Å². The molecule has 3 saturated carbocycles. The number of furan rings is 1. The first-order valence-electron chi connectivity index (χ1n) is 12.3. The topological polar surface area (TPSA) is 56.5 Å². The van der Waals surface area contributed by atoms with Gasteiger partial charge in [0.05, 0.1) is 6.42 Å². The van der Waals surface area contributed by atoms with Gasteiger partial charge in [-0.2, -0.15) is 0 Å². The largest absolute Gasteiger partial charge is 0.466 e. The monoisotopic (exact) mass is 434 g/mol. The SMILES string of the molecule is C#C[C@]1(OC(=O)CCc2ccc(C)o2)CC[C@@H]2[C@@H]3CCC4=CC(=O)CC[C@@H]4[C@H]3CC[C@@]21C. The van der Waals surface area contributed by atoms with E-state index in [1.165, 1.54) is 5.57 Å². The van der Waals surface area contributed by atoms with Crippen LogP contribution in [0.25, 0.3) is 0 Å². The first-order chi connectivity index (χ1) is 15.3. The van der Waals surface area contributed by atoms with Gasteiger partial charge in [0.15, 0.2) is 11.4 Å². The van der Waals surface area contributed by atoms with Gasteiger partial charge in [-0.05, 0) is 93.7 Å². The highest BCUT2D eigenvalue weighted by Gasteiger charge is 2.64. The van der Waals surface area contributed by atoms with Crippen LogP contribution in [-0.4, -0.2) is 17.4 Å². The average Bonchev–Trinajstić information content (AvgIpc) is 3.32. The molecule has 0 saturated heterocycles. The van der Waals surface area contributed by atoms with Gasteiger partial charge in [-0.15, -0.1) is 6.42 Å². The molecule has 0 unspecified atom stereocenters. The lowest BCUT2D eigenvalue weighted by Gasteiger charge is -2.55. The molecule has 1 aromatic heterocycles. The zero-order valence-corrected chi connectivity index (χ0v) is 19.3. The van der Waals surface area contributed by atoms with Gasteiger partial charge < -0.3 is 9.15 Å². The van der Waals surface area contributed by atoms with E-state index in [9.17, 15) is 9.59 Å². The molecule has 0 amide bonds. The third-order valence-corrected chi connectivity index (χ3v) is 9.31. The minimum atomic E-state index is -0.808. The number of carbonyl (C=O) groups is 2. The lowest BCUT2D eigenvalue weighted by molar-refractivity contribution is -0.170. The highest BCUT2D eigenvalue weighted by molar-refractivity contribution is 5.91. The molecule has 6 atom stereocenters. The molecule has 4 nitrogen and oxygen atoms in total. The summed E-state index contributed by atoms with van der Waals surface area (Å²) in [5.74, 6) is 7.04. The van der Waals surface area contributed by atoms with Gasteiger partial charge in [0.1, 0.15) is 11.5 Å². The van der Waals surface area contributed by atoms with Crippen molar-refractivity contribution in [3.05, 3.63) is 35.3 Å². The van der Waals surface area contributed by atoms with Crippen molar-refractivity contribution in [2.45, 2.75) is 83.7 Å². The number of allylic oxidation sites excluding steroid dienone is 1. The van der Waals surface area contributed by atoms with Crippen molar-refractivity contribution in [3.63, 3.8) is 0 Å². The Morgan fingerprint density at radius 3 is 2.78 bits per heavy atom. The van der Waals surface area contributed by atoms with E-state index in [-0.39, 0.29) is 17.8 Å². The van der Waals surface area contributed by atoms with Gasteiger partial charge in [0.2, 0.25) is 0 Å². The summed E-state index contributed by atoms with van der Waals surface area (Å²) >= 11 is 0. The fourth-order valence-corrected chi connectivity index (χ4v) is 7.70. The van der Waals surface area contributed by atoms with Crippen LogP contribution in [-0.2, 0) is 20.7 Å². The van der Waals surface area contributed by atoms with Crippen LogP contribution in [0, 0.1) is 48.4 Å². The Labute approximate surface area is 191 Å². The van der Waals surface area contributed by atoms with Gasteiger partial charge in [-0.25, -0.2) is 0 Å². The van der Waals surface area contributed by atoms with Crippen molar-refractivity contribution in [1.82, 2.24) is 0 Å². The van der Waals surface area contributed by atoms with E-state index in [0.717, 1.165) is 56.5 Å². The molecule has 4 heteroatoms. The molecule has 1 aromatic rings. The van der Waals surface area contributed by atoms with Crippen molar-refractivity contribution in [1.29, 1.82) is 0 Å². The van der Waals surface area contributed by atoms with Crippen LogP contribution in [0.5, 0.6) is 0 Å². The maximum Gasteiger partial charge on any atom is 0.307 e. The van der Waals surface area contributed by atoms with Crippen molar-refractivity contribution in [2.24, 2.45) is 29.1 Å². The minimum absolute atomic E-state index is 0.175. The quantitative estimate of drug-likeness (QED) is 0.459. The second-order valence-electron chi connectivity index (χ2n) is 10.8. The van der Waals surface area contributed by atoms with E-state index in [1.54, 1.807) is 0 Å². The van der Waals surface area contributed by atoms with Gasteiger partial charge in [0, 0.05) is 18.3 Å². The number of hydrogen-bond acceptors (Lipinski definition) is 4. The molecule has 0 radical (unpaired) electrons. The summed E-state index contributed by atoms with van der Waals surface area (Å²) < 4.78 is 11.8. The number of fused-ring (bicyclic) bond motifs is 5. The van der Waals surface area contributed by atoms with Crippen LogP contribution in [0.2, 0.25) is 0 Å². The smallest absolute Gasteiger partial charge is 0.307 e. The molecule has 4 aliphatic rings. The van der Waals surface area contributed by atoms with Gasteiger partial charge in [-0.3, -0.25) is 9.59 Å². The predicted octanol–water partition coefficient (Wildman–Crippen LogP) is 5.58. The van der Waals surface area contributed by atoms with Crippen LogP contribution in [0.3, 0.4) is 0 Å². The molecule has 0 bridgehead atoms. The Hall–Kier alpha value is -2.28. The molecule has 0 N–H and O–H groups in total. The number of esters is 1. The van der Waals surface area contributed by atoms with Crippen LogP contribution in [0.4, 0.5) is 0 Å². The van der Waals surface area contributed by atoms with Crippen LogP contribution < -0.4 is 0 Å². The van der Waals surface area contributed by atoms with Crippen LogP contribution >= 0.6 is 0 Å². The number of aryl methyl sites for hydroxylation is 2. The Balaban J connectivity index is 1.31. The maximum absolute atomic E-state index is 12.9. The first kappa shape index (κ1) is 21.6. The summed E-state index contributed by atoms with van der Waals surface area (Å²) in [5, 5.41) is 0. The van der Waals surface area contributed by atoms with Gasteiger partial charge in [0.25, 0.3) is 0 Å². The average molecular weight is 435 g/mol. The molecule has 170 valence electrons. The summed E-state index contributed by atoms with van der Waals surface area (Å²) in [6.07, 6.45) is 16.6. The molecular formula is C28H34O4. The second-order valence-corrected chi connectivity index (χ2v) is 10.8. The Morgan fingerprint density at radius 1 is 1.19 bits per heavy atom. The van der Waals surface area contributed by atoms with E-state index < -0.39 is 5.60 Å². The standard InChI is InChI=1S/C28H34O4/c1-4-28(32-26(30)12-9-21-8-5-18(2)31-21)16-14-25-24-10-6-19-17-20(29)7-11-22(19)23(24)13-15-27(25,28)3/h1,5,8,17,22-25H,6-7,9-16H2,2-3H3/t22-,23+,24+,25+,27-,28-/m0/s1. The van der Waals surface area contributed by atoms with Crippen LogP contribution in [0.1, 0.15) is 76.2 Å². The highest BCUT2D eigenvalue weighted by atomic mass is 16.6. The van der Waals surface area contributed by atoms with Crippen molar-refractivity contribution < 1.29 is 18.7 Å². The Bertz CT molecular complexity index is 993. The fourth-order valence-electron chi connectivity index (χ4n) is 7.70. The van der Waals surface area contributed by atoms with Crippen LogP contribution in [0.15, 0.2) is 28.2 Å². The molecule has 4 aliphatic carbocycles. The fraction of sp³-hybridized carbons (Fsp3) is 0.643. The molecule has 32 heavy (non-hydrogen) atoms. The lowest BCUT2D eigenvalue weighted by atomic mass is 9.50. The molecule has 0 aliphatic heterocycles. The van der Waals surface area contributed by atoms with E-state index >= 15 is 0 Å². The molecule has 0 aromatic carbocycles. The van der Waals surface area contributed by atoms with E-state index in [1.807, 2.05) is 25.1 Å². The number of ketones is 1. The Morgan fingerprint density at radius 2 is 2.03 bits per heavy atom. The number of rotatable bonds is 4. The van der Waals surface area contributed by atoms with Crippen molar-refractivity contribution >= 4 is 11.8 Å². The number of carbonyl (C=O) groups excluding carboxylic acids is 2. The van der Waals surface area contributed by atoms with E-state index in [4.69, 9.17) is 15.6 Å². The molecule has 1 heterocycles. The molecular weight excluding hydrogens is 400 g/mol. The van der Waals surface area contributed by atoms with Gasteiger partial charge >= 0.3 is 5.97 Å². The normalized spacial score (nSPS) is 38.2. The third-order valence-electron chi connectivity index (χ3n) is 9.31. The number of hydrogen-bond donors (Lipinski definition) is 0. The zero-order chi connectivity index (χ0) is 22.5. The summed E-state index contributed by atoms with van der Waals surface area (Å²) in [6.45, 7) is 4.18. The predicted molar refractivity (Wildman–Crippen MR) is 122 cm³/mol. The number of terminal acetylenes is 1. The second kappa shape index (κ2) is 7.94. The highest BCUT2D eigenvalue weighted by Crippen LogP contribution is 2.65. The van der Waals surface area contributed by atoms with Crippen molar-refractivity contribution in [2.75, 3.05) is 0 Å². The summed E-state index contributed by atoms with van der Waals surface area (Å²) in [7, 11) is 0. The Kier molecular flexibility index (Phi) is 5.35. The maximum atomic E-state index is 12.9. The summed E-state index contributed by atoms with van der Waals surface area (Å²) in [6, 6.07) is 3.83. The lowest BCUT2D eigenvalue weighted by Crippen LogP contribution is -2.53. The molecule has 5 rings (SSSR count). The molecule has 3 fully saturated rings. The van der Waals surface area contributed by atoms with Crippen molar-refractivity contribution in [3.8, 4) is 12.3 Å². The minimum Gasteiger partial charge on any atom is -0.466 e. The molecule has 0 spiro atoms. The summed E-state index contributed by atoms with van der Waals surface area (Å²) in [5.41, 5.74) is 0.412. The number of ether oxygens (including phenoxy) is 1.